The Kier molecular flexibility index (Phi) is 7.45. The lowest BCUT2D eigenvalue weighted by molar-refractivity contribution is 0.306. The van der Waals surface area contributed by atoms with Crippen molar-refractivity contribution in [3.63, 3.8) is 0 Å². The zero-order valence-corrected chi connectivity index (χ0v) is 20.7. The van der Waals surface area contributed by atoms with Crippen molar-refractivity contribution in [2.75, 3.05) is 0 Å². The molecule has 0 atom stereocenters. The lowest BCUT2D eigenvalue weighted by Gasteiger charge is -2.14. The zero-order valence-electron chi connectivity index (χ0n) is 20.7. The third-order valence-electron chi connectivity index (χ3n) is 6.19. The number of benzene rings is 3. The van der Waals surface area contributed by atoms with Gasteiger partial charge in [-0.1, -0.05) is 80.1 Å². The number of H-pyrrole nitrogens is 1. The quantitative estimate of drug-likeness (QED) is 0.293. The summed E-state index contributed by atoms with van der Waals surface area (Å²) in [5.41, 5.74) is 4.51. The van der Waals surface area contributed by atoms with Crippen molar-refractivity contribution in [1.29, 1.82) is 0 Å². The molecule has 8 nitrogen and oxygen atoms in total. The average Bonchev–Trinajstić information content (AvgIpc) is 3.48. The third kappa shape index (κ3) is 5.81. The molecule has 3 aromatic carbocycles. The van der Waals surface area contributed by atoms with Crippen molar-refractivity contribution in [3.8, 4) is 28.4 Å². The Labute approximate surface area is 215 Å². The van der Waals surface area contributed by atoms with Gasteiger partial charge in [0, 0.05) is 29.2 Å². The summed E-state index contributed by atoms with van der Waals surface area (Å²) in [7, 11) is 0. The molecule has 2 heterocycles. The fourth-order valence-corrected chi connectivity index (χ4v) is 4.19. The molecule has 0 saturated carbocycles. The summed E-state index contributed by atoms with van der Waals surface area (Å²) in [5.74, 6) is 2.16. The zero-order chi connectivity index (χ0) is 25.5. The number of rotatable bonds is 10. The van der Waals surface area contributed by atoms with E-state index in [4.69, 9.17) is 9.72 Å². The Morgan fingerprint density at radius 1 is 0.946 bits per heavy atom. The fraction of sp³-hybridized carbons (Fsp3) is 0.207. The molecule has 2 aromatic heterocycles. The number of nitrogens with one attached hydrogen (secondary N) is 1. The minimum Gasteiger partial charge on any atom is -0.489 e. The van der Waals surface area contributed by atoms with Crippen LogP contribution in [0.4, 0.5) is 0 Å². The molecule has 1 N–H and O–H groups in total. The number of hydrogen-bond acceptors (Lipinski definition) is 6. The second-order valence-electron chi connectivity index (χ2n) is 8.79. The van der Waals surface area contributed by atoms with Crippen LogP contribution in [0.15, 0.2) is 89.7 Å². The maximum Gasteiger partial charge on any atom is 0.254 e. The van der Waals surface area contributed by atoms with Gasteiger partial charge >= 0.3 is 0 Å². The second-order valence-corrected chi connectivity index (χ2v) is 8.79. The minimum absolute atomic E-state index is 0.0428. The lowest BCUT2D eigenvalue weighted by Crippen LogP contribution is -2.25. The van der Waals surface area contributed by atoms with Gasteiger partial charge < -0.3 is 4.74 Å². The summed E-state index contributed by atoms with van der Waals surface area (Å²) in [4.78, 5) is 18.0. The van der Waals surface area contributed by atoms with Crippen molar-refractivity contribution in [1.82, 2.24) is 30.2 Å². The Morgan fingerprint density at radius 3 is 2.49 bits per heavy atom. The predicted octanol–water partition coefficient (Wildman–Crippen LogP) is 5.06. The van der Waals surface area contributed by atoms with Gasteiger partial charge in [-0.05, 0) is 34.5 Å². The highest BCUT2D eigenvalue weighted by Crippen LogP contribution is 2.22. The molecule has 0 aliphatic carbocycles. The molecule has 5 aromatic rings. The number of aromatic amines is 1. The van der Waals surface area contributed by atoms with E-state index in [-0.39, 0.29) is 5.56 Å². The van der Waals surface area contributed by atoms with Crippen LogP contribution in [0.5, 0.6) is 5.75 Å². The van der Waals surface area contributed by atoms with Gasteiger partial charge in [-0.2, -0.15) is 0 Å². The molecular formula is C29H28N6O2. The van der Waals surface area contributed by atoms with Gasteiger partial charge in [-0.15, -0.1) is 5.10 Å². The predicted molar refractivity (Wildman–Crippen MR) is 142 cm³/mol. The van der Waals surface area contributed by atoms with E-state index in [2.05, 4.69) is 27.5 Å². The largest absolute Gasteiger partial charge is 0.489 e. The number of nitrogens with zero attached hydrogens (tertiary/aromatic N) is 5. The van der Waals surface area contributed by atoms with E-state index in [0.29, 0.717) is 19.0 Å². The topological polar surface area (TPSA) is 98.6 Å². The van der Waals surface area contributed by atoms with Crippen LogP contribution in [-0.4, -0.2) is 30.2 Å². The maximum atomic E-state index is 13.1. The fourth-order valence-electron chi connectivity index (χ4n) is 4.19. The molecule has 5 rings (SSSR count). The van der Waals surface area contributed by atoms with Gasteiger partial charge in [0.2, 0.25) is 0 Å². The first-order valence-electron chi connectivity index (χ1n) is 12.4. The van der Waals surface area contributed by atoms with E-state index >= 15 is 0 Å². The van der Waals surface area contributed by atoms with E-state index in [9.17, 15) is 4.79 Å². The number of ether oxygens (including phenoxy) is 1. The highest BCUT2D eigenvalue weighted by atomic mass is 16.5. The van der Waals surface area contributed by atoms with Crippen LogP contribution in [-0.2, 0) is 19.6 Å². The van der Waals surface area contributed by atoms with Crippen LogP contribution in [0.25, 0.3) is 22.6 Å². The first-order valence-corrected chi connectivity index (χ1v) is 12.4. The highest BCUT2D eigenvalue weighted by molar-refractivity contribution is 5.59. The van der Waals surface area contributed by atoms with Crippen LogP contribution >= 0.6 is 0 Å². The number of aryl methyl sites for hydroxylation is 1. The molecule has 0 radical (unpaired) electrons. The molecule has 0 bridgehead atoms. The summed E-state index contributed by atoms with van der Waals surface area (Å²) >= 11 is 0. The monoisotopic (exact) mass is 492 g/mol. The van der Waals surface area contributed by atoms with Crippen molar-refractivity contribution in [3.05, 3.63) is 112 Å². The molecular weight excluding hydrogens is 464 g/mol. The van der Waals surface area contributed by atoms with Gasteiger partial charge in [0.15, 0.2) is 5.82 Å². The summed E-state index contributed by atoms with van der Waals surface area (Å²) in [6, 6.07) is 27.1. The maximum absolute atomic E-state index is 13.1. The normalized spacial score (nSPS) is 10.9. The number of unbranched alkanes of at least 4 members (excludes halogenated alkanes) is 1. The molecule has 0 aliphatic rings. The van der Waals surface area contributed by atoms with E-state index in [0.717, 1.165) is 58.8 Å². The SMILES string of the molecule is CCCCc1nc(-c2ccccc2)cc(=O)n1Cc1ccc(OCc2ccccc2-c2nnn[nH]2)cc1. The van der Waals surface area contributed by atoms with Crippen LogP contribution in [0.2, 0.25) is 0 Å². The number of hydrogen-bond donors (Lipinski definition) is 1. The summed E-state index contributed by atoms with van der Waals surface area (Å²) in [5, 5.41) is 14.1. The van der Waals surface area contributed by atoms with E-state index in [1.807, 2.05) is 78.9 Å². The molecule has 0 spiro atoms. The first-order chi connectivity index (χ1) is 18.2. The van der Waals surface area contributed by atoms with Crippen molar-refractivity contribution < 1.29 is 4.74 Å². The molecule has 0 unspecified atom stereocenters. The summed E-state index contributed by atoms with van der Waals surface area (Å²) in [6.07, 6.45) is 2.77. The van der Waals surface area contributed by atoms with Crippen molar-refractivity contribution in [2.24, 2.45) is 0 Å². The highest BCUT2D eigenvalue weighted by Gasteiger charge is 2.12. The van der Waals surface area contributed by atoms with Gasteiger partial charge in [0.1, 0.15) is 18.2 Å². The minimum atomic E-state index is -0.0428. The molecule has 0 fully saturated rings. The molecule has 0 amide bonds. The van der Waals surface area contributed by atoms with Gasteiger partial charge in [0.25, 0.3) is 5.56 Å². The Hall–Kier alpha value is -4.59. The first kappa shape index (κ1) is 24.1. The lowest BCUT2D eigenvalue weighted by atomic mass is 10.1. The molecule has 37 heavy (non-hydrogen) atoms. The summed E-state index contributed by atoms with van der Waals surface area (Å²) in [6.45, 7) is 2.98. The van der Waals surface area contributed by atoms with E-state index in [1.54, 1.807) is 10.6 Å². The standard InChI is InChI=1S/C29H28N6O2/c1-2-3-13-27-30-26(22-9-5-4-6-10-22)18-28(36)35(27)19-21-14-16-24(17-15-21)37-20-23-11-7-8-12-25(23)29-31-33-34-32-29/h4-12,14-18H,2-3,13,19-20H2,1H3,(H,31,32,33,34). The van der Waals surface area contributed by atoms with Crippen LogP contribution in [0, 0.1) is 0 Å². The number of aromatic nitrogens is 6. The van der Waals surface area contributed by atoms with Gasteiger partial charge in [0.05, 0.1) is 12.2 Å². The van der Waals surface area contributed by atoms with Crippen LogP contribution in [0.1, 0.15) is 36.7 Å². The van der Waals surface area contributed by atoms with E-state index in [1.165, 1.54) is 0 Å². The molecule has 186 valence electrons. The molecule has 8 heteroatoms. The van der Waals surface area contributed by atoms with Crippen LogP contribution in [0.3, 0.4) is 0 Å². The Morgan fingerprint density at radius 2 is 1.73 bits per heavy atom. The van der Waals surface area contributed by atoms with Crippen LogP contribution < -0.4 is 10.3 Å². The average molecular weight is 493 g/mol. The second kappa shape index (κ2) is 11.4. The smallest absolute Gasteiger partial charge is 0.254 e. The van der Waals surface area contributed by atoms with Gasteiger partial charge in [-0.25, -0.2) is 10.1 Å². The van der Waals surface area contributed by atoms with E-state index < -0.39 is 0 Å². The number of tetrazole rings is 1. The van der Waals surface area contributed by atoms with Crippen molar-refractivity contribution >= 4 is 0 Å². The molecule has 0 aliphatic heterocycles. The Balaban J connectivity index is 1.32. The Bertz CT molecular complexity index is 1500. The molecule has 0 saturated heterocycles. The third-order valence-corrected chi connectivity index (χ3v) is 6.19. The van der Waals surface area contributed by atoms with Gasteiger partial charge in [-0.3, -0.25) is 9.36 Å². The van der Waals surface area contributed by atoms with Crippen molar-refractivity contribution in [2.45, 2.75) is 39.3 Å². The summed E-state index contributed by atoms with van der Waals surface area (Å²) < 4.78 is 7.82.